The largest absolute Gasteiger partial charge is 0.480 e. The Kier molecular flexibility index (Phi) is 7.63. The lowest BCUT2D eigenvalue weighted by Gasteiger charge is -2.35. The van der Waals surface area contributed by atoms with Crippen molar-refractivity contribution in [3.8, 4) is 0 Å². The molecule has 1 N–H and O–H groups in total. The fourth-order valence-electron chi connectivity index (χ4n) is 3.75. The average molecular weight is 312 g/mol. The molecule has 2 aliphatic rings. The zero-order valence-electron chi connectivity index (χ0n) is 14.0. The van der Waals surface area contributed by atoms with Crippen molar-refractivity contribution in [3.05, 3.63) is 0 Å². The van der Waals surface area contributed by atoms with Crippen molar-refractivity contribution < 1.29 is 14.6 Å². The molecule has 1 aliphatic carbocycles. The van der Waals surface area contributed by atoms with Crippen LogP contribution < -0.4 is 0 Å². The molecule has 2 fully saturated rings. The molecule has 0 bridgehead atoms. The van der Waals surface area contributed by atoms with Gasteiger partial charge in [0.05, 0.1) is 19.3 Å². The summed E-state index contributed by atoms with van der Waals surface area (Å²) in [4.78, 5) is 15.1. The van der Waals surface area contributed by atoms with E-state index in [1.54, 1.807) is 0 Å². The third kappa shape index (κ3) is 6.63. The second-order valence-electron chi connectivity index (χ2n) is 7.03. The van der Waals surface area contributed by atoms with Crippen molar-refractivity contribution in [2.75, 3.05) is 46.4 Å². The summed E-state index contributed by atoms with van der Waals surface area (Å²) in [6.45, 7) is 4.69. The maximum atomic E-state index is 10.7. The molecule has 0 aromatic carbocycles. The van der Waals surface area contributed by atoms with Crippen molar-refractivity contribution in [2.45, 2.75) is 51.0 Å². The molecule has 1 unspecified atom stereocenters. The van der Waals surface area contributed by atoms with Crippen LogP contribution in [0.15, 0.2) is 0 Å². The normalized spacial score (nSPS) is 25.3. The van der Waals surface area contributed by atoms with Gasteiger partial charge in [-0.15, -0.1) is 0 Å². The van der Waals surface area contributed by atoms with Gasteiger partial charge in [0, 0.05) is 19.6 Å². The summed E-state index contributed by atoms with van der Waals surface area (Å²) in [5.41, 5.74) is 0. The molecular formula is C17H32N2O3. The number of carboxylic acid groups (broad SMARTS) is 1. The zero-order chi connectivity index (χ0) is 15.8. The van der Waals surface area contributed by atoms with Crippen LogP contribution in [0.2, 0.25) is 0 Å². The third-order valence-corrected chi connectivity index (χ3v) is 4.97. The molecule has 2 rings (SSSR count). The zero-order valence-corrected chi connectivity index (χ0v) is 14.0. The van der Waals surface area contributed by atoms with Gasteiger partial charge in [-0.05, 0) is 25.9 Å². The molecule has 1 atom stereocenters. The number of carbonyl (C=O) groups is 1. The lowest BCUT2D eigenvalue weighted by Crippen LogP contribution is -2.48. The van der Waals surface area contributed by atoms with Crippen LogP contribution in [-0.4, -0.2) is 73.4 Å². The van der Waals surface area contributed by atoms with Crippen LogP contribution in [0.4, 0.5) is 0 Å². The van der Waals surface area contributed by atoms with E-state index in [-0.39, 0.29) is 12.6 Å². The molecule has 0 amide bonds. The summed E-state index contributed by atoms with van der Waals surface area (Å²) < 4.78 is 5.80. The number of carboxylic acids is 1. The fraction of sp³-hybridized carbons (Fsp3) is 0.941. The van der Waals surface area contributed by atoms with E-state index in [9.17, 15) is 4.79 Å². The maximum Gasteiger partial charge on any atom is 0.317 e. The van der Waals surface area contributed by atoms with Crippen LogP contribution in [0, 0.1) is 5.92 Å². The Morgan fingerprint density at radius 3 is 2.68 bits per heavy atom. The molecule has 1 saturated carbocycles. The van der Waals surface area contributed by atoms with E-state index in [0.717, 1.165) is 25.6 Å². The summed E-state index contributed by atoms with van der Waals surface area (Å²) in [6.07, 6.45) is 9.96. The Bertz CT molecular complexity index is 330. The van der Waals surface area contributed by atoms with Crippen LogP contribution in [0.25, 0.3) is 0 Å². The topological polar surface area (TPSA) is 53.0 Å². The molecule has 1 heterocycles. The molecular weight excluding hydrogens is 280 g/mol. The smallest absolute Gasteiger partial charge is 0.317 e. The molecule has 0 aromatic rings. The third-order valence-electron chi connectivity index (χ3n) is 4.97. The maximum absolute atomic E-state index is 10.7. The predicted octanol–water partition coefficient (Wildman–Crippen LogP) is 2.06. The summed E-state index contributed by atoms with van der Waals surface area (Å²) in [7, 11) is 1.85. The second kappa shape index (κ2) is 9.48. The molecule has 0 aromatic heterocycles. The highest BCUT2D eigenvalue weighted by Gasteiger charge is 2.23. The van der Waals surface area contributed by atoms with E-state index in [2.05, 4.69) is 4.90 Å². The first-order valence-corrected chi connectivity index (χ1v) is 8.88. The Morgan fingerprint density at radius 1 is 1.27 bits per heavy atom. The Balaban J connectivity index is 1.67. The monoisotopic (exact) mass is 312 g/mol. The van der Waals surface area contributed by atoms with E-state index in [1.165, 1.54) is 51.5 Å². The lowest BCUT2D eigenvalue weighted by molar-refractivity contribution is -0.138. The van der Waals surface area contributed by atoms with Crippen LogP contribution in [0.5, 0.6) is 0 Å². The summed E-state index contributed by atoms with van der Waals surface area (Å²) in [6, 6.07) is 0. The van der Waals surface area contributed by atoms with Gasteiger partial charge in [-0.2, -0.15) is 0 Å². The van der Waals surface area contributed by atoms with Crippen LogP contribution in [0.3, 0.4) is 0 Å². The van der Waals surface area contributed by atoms with E-state index in [1.807, 2.05) is 11.9 Å². The van der Waals surface area contributed by atoms with Gasteiger partial charge in [0.25, 0.3) is 0 Å². The highest BCUT2D eigenvalue weighted by Crippen LogP contribution is 2.25. The second-order valence-corrected chi connectivity index (χ2v) is 7.03. The summed E-state index contributed by atoms with van der Waals surface area (Å²) in [5.74, 6) is 0.141. The number of likely N-dealkylation sites (N-methyl/N-ethyl adjacent to an activating group) is 1. The molecule has 5 nitrogen and oxygen atoms in total. The summed E-state index contributed by atoms with van der Waals surface area (Å²) >= 11 is 0. The molecule has 22 heavy (non-hydrogen) atoms. The molecule has 0 radical (unpaired) electrons. The van der Waals surface area contributed by atoms with E-state index in [4.69, 9.17) is 9.84 Å². The number of hydrogen-bond acceptors (Lipinski definition) is 4. The van der Waals surface area contributed by atoms with Gasteiger partial charge in [0.2, 0.25) is 0 Å². The van der Waals surface area contributed by atoms with Crippen molar-refractivity contribution in [1.82, 2.24) is 9.80 Å². The number of hydrogen-bond donors (Lipinski definition) is 1. The molecule has 1 saturated heterocycles. The van der Waals surface area contributed by atoms with Crippen molar-refractivity contribution in [3.63, 3.8) is 0 Å². The van der Waals surface area contributed by atoms with Gasteiger partial charge in [0.15, 0.2) is 0 Å². The fourth-order valence-corrected chi connectivity index (χ4v) is 3.75. The highest BCUT2D eigenvalue weighted by molar-refractivity contribution is 5.68. The molecule has 1 aliphatic heterocycles. The van der Waals surface area contributed by atoms with Gasteiger partial charge in [-0.25, -0.2) is 0 Å². The van der Waals surface area contributed by atoms with Crippen LogP contribution >= 0.6 is 0 Å². The van der Waals surface area contributed by atoms with E-state index in [0.29, 0.717) is 6.54 Å². The number of aliphatic carboxylic acids is 1. The number of nitrogens with zero attached hydrogens (tertiary/aromatic N) is 2. The van der Waals surface area contributed by atoms with Gasteiger partial charge < -0.3 is 9.84 Å². The Morgan fingerprint density at radius 2 is 2.00 bits per heavy atom. The van der Waals surface area contributed by atoms with E-state index < -0.39 is 5.97 Å². The minimum atomic E-state index is -0.775. The molecule has 128 valence electrons. The van der Waals surface area contributed by atoms with Crippen molar-refractivity contribution >= 4 is 5.97 Å². The molecule has 0 spiro atoms. The van der Waals surface area contributed by atoms with Gasteiger partial charge in [-0.1, -0.05) is 38.5 Å². The Hall–Kier alpha value is -0.650. The van der Waals surface area contributed by atoms with Crippen LogP contribution in [0.1, 0.15) is 44.9 Å². The Labute approximate surface area is 134 Å². The minimum absolute atomic E-state index is 0.0853. The number of morpholine rings is 1. The van der Waals surface area contributed by atoms with Gasteiger partial charge in [0.1, 0.15) is 0 Å². The quantitative estimate of drug-likeness (QED) is 0.729. The van der Waals surface area contributed by atoms with Gasteiger partial charge in [-0.3, -0.25) is 14.6 Å². The molecule has 5 heteroatoms. The first kappa shape index (κ1) is 17.7. The predicted molar refractivity (Wildman–Crippen MR) is 87.1 cm³/mol. The lowest BCUT2D eigenvalue weighted by atomic mass is 9.96. The van der Waals surface area contributed by atoms with Crippen molar-refractivity contribution in [2.24, 2.45) is 5.92 Å². The van der Waals surface area contributed by atoms with Crippen molar-refractivity contribution in [1.29, 1.82) is 0 Å². The first-order valence-electron chi connectivity index (χ1n) is 8.88. The highest BCUT2D eigenvalue weighted by atomic mass is 16.5. The SMILES string of the molecule is CN(CC(=O)O)CC1CN(CCC2CCCCCC2)CCO1. The summed E-state index contributed by atoms with van der Waals surface area (Å²) in [5, 5.41) is 8.82. The van der Waals surface area contributed by atoms with E-state index >= 15 is 0 Å². The average Bonchev–Trinajstić information content (AvgIpc) is 2.73. The van der Waals surface area contributed by atoms with Crippen LogP contribution in [-0.2, 0) is 9.53 Å². The number of ether oxygens (including phenoxy) is 1. The number of rotatable bonds is 7. The van der Waals surface area contributed by atoms with Gasteiger partial charge >= 0.3 is 5.97 Å². The standard InChI is InChI=1S/C17H32N2O3/c1-18(14-17(20)21)12-16-13-19(10-11-22-16)9-8-15-6-4-2-3-5-7-15/h15-16H,2-14H2,1H3,(H,20,21). The first-order chi connectivity index (χ1) is 10.6. The minimum Gasteiger partial charge on any atom is -0.480 e.